The molecule has 1 aliphatic heterocycles. The number of hydrogen-bond acceptors (Lipinski definition) is 6. The zero-order chi connectivity index (χ0) is 20.5. The zero-order valence-corrected chi connectivity index (χ0v) is 17.8. The highest BCUT2D eigenvalue weighted by molar-refractivity contribution is 7.13. The van der Waals surface area contributed by atoms with E-state index in [1.165, 1.54) is 0 Å². The number of ether oxygens (including phenoxy) is 2. The first-order chi connectivity index (χ1) is 14.0. The van der Waals surface area contributed by atoms with Crippen LogP contribution in [0.5, 0.6) is 0 Å². The zero-order valence-electron chi connectivity index (χ0n) is 17.0. The van der Waals surface area contributed by atoms with Crippen LogP contribution in [0.2, 0.25) is 0 Å². The lowest BCUT2D eigenvalue weighted by Gasteiger charge is -2.31. The second-order valence-corrected chi connectivity index (χ2v) is 8.31. The van der Waals surface area contributed by atoms with E-state index in [2.05, 4.69) is 33.1 Å². The Labute approximate surface area is 174 Å². The summed E-state index contributed by atoms with van der Waals surface area (Å²) in [6.45, 7) is 13.0. The number of carbonyl (C=O) groups excluding carboxylic acids is 1. The molecule has 1 aliphatic rings. The van der Waals surface area contributed by atoms with Gasteiger partial charge in [-0.3, -0.25) is 4.98 Å². The molecule has 0 aliphatic carbocycles. The molecule has 4 heterocycles. The van der Waals surface area contributed by atoms with E-state index < -0.39 is 0 Å². The van der Waals surface area contributed by atoms with Gasteiger partial charge in [0.25, 0.3) is 0 Å². The van der Waals surface area contributed by atoms with Crippen molar-refractivity contribution in [1.82, 2.24) is 14.3 Å². The number of aromatic nitrogens is 2. The van der Waals surface area contributed by atoms with Crippen LogP contribution in [0.25, 0.3) is 21.7 Å². The van der Waals surface area contributed by atoms with Gasteiger partial charge in [0.1, 0.15) is 0 Å². The summed E-state index contributed by atoms with van der Waals surface area (Å²) >= 11 is 1.59. The molecule has 0 aromatic carbocycles. The minimum Gasteiger partial charge on any atom is -0.459 e. The molecule has 152 valence electrons. The number of carbonyl (C=O) groups is 1. The van der Waals surface area contributed by atoms with Crippen LogP contribution in [0.4, 0.5) is 0 Å². The van der Waals surface area contributed by atoms with Crippen LogP contribution in [0.3, 0.4) is 0 Å². The maximum atomic E-state index is 12.8. The molecule has 0 bridgehead atoms. The number of morpholine rings is 1. The van der Waals surface area contributed by atoms with Crippen molar-refractivity contribution in [2.24, 2.45) is 0 Å². The minimum atomic E-state index is -0.309. The number of hydrogen-bond donors (Lipinski definition) is 0. The average Bonchev–Trinajstić information content (AvgIpc) is 3.36. The van der Waals surface area contributed by atoms with Crippen LogP contribution in [-0.2, 0) is 9.47 Å². The fourth-order valence-electron chi connectivity index (χ4n) is 3.67. The van der Waals surface area contributed by atoms with Crippen LogP contribution in [0.15, 0.2) is 36.6 Å². The topological polar surface area (TPSA) is 56.1 Å². The van der Waals surface area contributed by atoms with Crippen LogP contribution in [-0.4, -0.2) is 52.7 Å². The summed E-state index contributed by atoms with van der Waals surface area (Å²) in [7, 11) is 0. The molecule has 0 atom stereocenters. The van der Waals surface area contributed by atoms with Crippen LogP contribution in [0.1, 0.15) is 35.5 Å². The highest BCUT2D eigenvalue weighted by Gasteiger charge is 2.23. The highest BCUT2D eigenvalue weighted by Crippen LogP contribution is 2.32. The molecule has 1 saturated heterocycles. The number of rotatable bonds is 5. The van der Waals surface area contributed by atoms with E-state index in [1.807, 2.05) is 38.5 Å². The van der Waals surface area contributed by atoms with E-state index >= 15 is 0 Å². The van der Waals surface area contributed by atoms with Crippen molar-refractivity contribution in [2.45, 2.75) is 26.9 Å². The predicted molar refractivity (Wildman–Crippen MR) is 115 cm³/mol. The average molecular weight is 412 g/mol. The second kappa shape index (κ2) is 8.00. The molecule has 0 unspecified atom stereocenters. The third kappa shape index (κ3) is 3.80. The van der Waals surface area contributed by atoms with Crippen molar-refractivity contribution in [3.63, 3.8) is 0 Å². The van der Waals surface area contributed by atoms with Gasteiger partial charge in [0.05, 0.1) is 46.7 Å². The molecule has 6 nitrogen and oxygen atoms in total. The Kier molecular flexibility index (Phi) is 5.43. The number of thiazole rings is 1. The highest BCUT2D eigenvalue weighted by atomic mass is 32.1. The summed E-state index contributed by atoms with van der Waals surface area (Å²) in [6, 6.07) is 3.98. The Bertz CT molecular complexity index is 1050. The molecular weight excluding hydrogens is 386 g/mol. The third-order valence-electron chi connectivity index (χ3n) is 5.09. The summed E-state index contributed by atoms with van der Waals surface area (Å²) in [6.07, 6.45) is 3.77. The Balaban J connectivity index is 1.88. The van der Waals surface area contributed by atoms with Gasteiger partial charge in [-0.25, -0.2) is 4.79 Å². The molecule has 3 aromatic heterocycles. The van der Waals surface area contributed by atoms with Gasteiger partial charge in [-0.15, -0.1) is 11.3 Å². The molecule has 3 aromatic rings. The summed E-state index contributed by atoms with van der Waals surface area (Å²) < 4.78 is 13.1. The van der Waals surface area contributed by atoms with E-state index in [9.17, 15) is 4.79 Å². The number of nitrogens with zero attached hydrogens (tertiary/aromatic N) is 3. The fraction of sp³-hybridized carbons (Fsp3) is 0.364. The Morgan fingerprint density at radius 2 is 2.07 bits per heavy atom. The SMILES string of the molecule is C=C(c1c(C)c(C(=O)OC(C)C)cc2cc(-c3cncs3)cn12)N1CCOCC1. The maximum Gasteiger partial charge on any atom is 0.338 e. The Hall–Kier alpha value is -2.64. The lowest BCUT2D eigenvalue weighted by Crippen LogP contribution is -2.35. The largest absolute Gasteiger partial charge is 0.459 e. The van der Waals surface area contributed by atoms with Gasteiger partial charge >= 0.3 is 5.97 Å². The summed E-state index contributed by atoms with van der Waals surface area (Å²) in [5, 5.41) is 0. The molecule has 7 heteroatoms. The van der Waals surface area contributed by atoms with E-state index in [4.69, 9.17) is 9.47 Å². The Morgan fingerprint density at radius 3 is 2.72 bits per heavy atom. The van der Waals surface area contributed by atoms with Crippen molar-refractivity contribution >= 4 is 28.5 Å². The van der Waals surface area contributed by atoms with Gasteiger partial charge in [0, 0.05) is 36.6 Å². The first-order valence-corrected chi connectivity index (χ1v) is 10.6. The summed E-state index contributed by atoms with van der Waals surface area (Å²) in [5.41, 5.74) is 7.08. The quantitative estimate of drug-likeness (QED) is 0.588. The van der Waals surface area contributed by atoms with Gasteiger partial charge in [-0.2, -0.15) is 0 Å². The Morgan fingerprint density at radius 1 is 1.31 bits per heavy atom. The van der Waals surface area contributed by atoms with Crippen molar-refractivity contribution in [1.29, 1.82) is 0 Å². The van der Waals surface area contributed by atoms with Crippen molar-refractivity contribution in [2.75, 3.05) is 26.3 Å². The molecule has 0 spiro atoms. The first kappa shape index (κ1) is 19.7. The van der Waals surface area contributed by atoms with Crippen LogP contribution >= 0.6 is 11.3 Å². The van der Waals surface area contributed by atoms with Gasteiger partial charge in [-0.1, -0.05) is 6.58 Å². The number of fused-ring (bicyclic) bond motifs is 1. The van der Waals surface area contributed by atoms with E-state index in [0.29, 0.717) is 18.8 Å². The molecule has 0 N–H and O–H groups in total. The predicted octanol–water partition coefficient (Wildman–Crippen LogP) is 4.24. The standard InChI is InChI=1S/C22H25N3O3S/c1-14(2)28-22(26)19-10-18-9-17(20-11-23-13-29-20)12-25(18)21(15(19)3)16(4)24-5-7-27-8-6-24/h9-14H,4-8H2,1-3H3. The smallest absolute Gasteiger partial charge is 0.338 e. The summed E-state index contributed by atoms with van der Waals surface area (Å²) in [4.78, 5) is 20.3. The molecule has 29 heavy (non-hydrogen) atoms. The lowest BCUT2D eigenvalue weighted by atomic mass is 10.0. The number of pyridine rings is 1. The lowest BCUT2D eigenvalue weighted by molar-refractivity contribution is 0.0377. The van der Waals surface area contributed by atoms with Crippen LogP contribution < -0.4 is 0 Å². The number of esters is 1. The minimum absolute atomic E-state index is 0.177. The van der Waals surface area contributed by atoms with E-state index in [1.54, 1.807) is 11.3 Å². The normalized spacial score (nSPS) is 14.6. The molecule has 0 radical (unpaired) electrons. The second-order valence-electron chi connectivity index (χ2n) is 7.42. The monoisotopic (exact) mass is 411 g/mol. The van der Waals surface area contributed by atoms with Gasteiger partial charge < -0.3 is 18.8 Å². The molecule has 0 saturated carbocycles. The van der Waals surface area contributed by atoms with Gasteiger partial charge in [0.2, 0.25) is 0 Å². The third-order valence-corrected chi connectivity index (χ3v) is 5.91. The first-order valence-electron chi connectivity index (χ1n) is 9.73. The summed E-state index contributed by atoms with van der Waals surface area (Å²) in [5.74, 6) is -0.309. The molecule has 1 fully saturated rings. The van der Waals surface area contributed by atoms with Crippen molar-refractivity contribution < 1.29 is 14.3 Å². The van der Waals surface area contributed by atoms with Crippen molar-refractivity contribution in [3.05, 3.63) is 53.4 Å². The molecular formula is C22H25N3O3S. The fourth-order valence-corrected chi connectivity index (χ4v) is 4.27. The van der Waals surface area contributed by atoms with E-state index in [-0.39, 0.29) is 12.1 Å². The maximum absolute atomic E-state index is 12.8. The molecule has 0 amide bonds. The van der Waals surface area contributed by atoms with Gasteiger partial charge in [0.15, 0.2) is 0 Å². The van der Waals surface area contributed by atoms with Crippen molar-refractivity contribution in [3.8, 4) is 10.4 Å². The molecule has 4 rings (SSSR count). The van der Waals surface area contributed by atoms with Crippen LogP contribution in [0, 0.1) is 6.92 Å². The van der Waals surface area contributed by atoms with E-state index in [0.717, 1.165) is 46.0 Å². The van der Waals surface area contributed by atoms with Gasteiger partial charge in [-0.05, 0) is 38.5 Å².